The van der Waals surface area contributed by atoms with Gasteiger partial charge in [-0.2, -0.15) is 0 Å². The predicted octanol–water partition coefficient (Wildman–Crippen LogP) is 8.68. The van der Waals surface area contributed by atoms with E-state index >= 15 is 0 Å². The molecule has 7 nitrogen and oxygen atoms in total. The molecule has 0 aromatic heterocycles. The Labute approximate surface area is 294 Å². The molecule has 0 saturated heterocycles. The minimum Gasteiger partial charge on any atom is -0.493 e. The van der Waals surface area contributed by atoms with E-state index in [1.807, 2.05) is 0 Å². The molecule has 2 N–H and O–H groups in total. The molecule has 3 rings (SSSR count). The van der Waals surface area contributed by atoms with Crippen molar-refractivity contribution in [3.63, 3.8) is 0 Å². The van der Waals surface area contributed by atoms with E-state index in [1.54, 1.807) is 13.8 Å². The van der Waals surface area contributed by atoms with Crippen molar-refractivity contribution in [3.8, 4) is 16.9 Å². The number of aryl methyl sites for hydroxylation is 2. The Kier molecular flexibility index (Phi) is 17.7. The fraction of sp³-hybridized carbons (Fsp3) is 0.571. The molecule has 0 aliphatic heterocycles. The van der Waals surface area contributed by atoms with Gasteiger partial charge in [-0.05, 0) is 123 Å². The van der Waals surface area contributed by atoms with Crippen LogP contribution < -0.4 is 4.74 Å². The first-order valence-electron chi connectivity index (χ1n) is 18.4. The van der Waals surface area contributed by atoms with Crippen molar-refractivity contribution in [1.82, 2.24) is 0 Å². The molecule has 0 amide bonds. The van der Waals surface area contributed by atoms with Crippen molar-refractivity contribution >= 4 is 11.9 Å². The van der Waals surface area contributed by atoms with E-state index in [0.29, 0.717) is 55.8 Å². The van der Waals surface area contributed by atoms with Crippen molar-refractivity contribution in [1.29, 1.82) is 0 Å². The molecule has 270 valence electrons. The normalized spacial score (nSPS) is 16.0. The second kappa shape index (κ2) is 21.6. The second-order valence-electron chi connectivity index (χ2n) is 13.9. The highest BCUT2D eigenvalue weighted by Gasteiger charge is 2.22. The fourth-order valence-corrected chi connectivity index (χ4v) is 6.56. The molecule has 0 radical (unpaired) electrons. The monoisotopic (exact) mass is 676 g/mol. The first-order chi connectivity index (χ1) is 23.7. The zero-order valence-corrected chi connectivity index (χ0v) is 30.3. The van der Waals surface area contributed by atoms with Gasteiger partial charge in [-0.25, -0.2) is 9.59 Å². The van der Waals surface area contributed by atoms with Crippen molar-refractivity contribution in [2.75, 3.05) is 33.0 Å². The van der Waals surface area contributed by atoms with Crippen molar-refractivity contribution in [2.45, 2.75) is 110 Å². The summed E-state index contributed by atoms with van der Waals surface area (Å²) >= 11 is 0. The van der Waals surface area contributed by atoms with Gasteiger partial charge in [-0.3, -0.25) is 0 Å². The highest BCUT2D eigenvalue weighted by molar-refractivity contribution is 5.87. The maximum atomic E-state index is 12.0. The van der Waals surface area contributed by atoms with Crippen LogP contribution in [0.25, 0.3) is 11.1 Å². The van der Waals surface area contributed by atoms with E-state index in [4.69, 9.17) is 14.2 Å². The number of carbonyl (C=O) groups is 2. The van der Waals surface area contributed by atoms with E-state index in [0.717, 1.165) is 33.9 Å². The number of esters is 2. The van der Waals surface area contributed by atoms with Gasteiger partial charge >= 0.3 is 11.9 Å². The van der Waals surface area contributed by atoms with Crippen LogP contribution in [0.3, 0.4) is 0 Å². The van der Waals surface area contributed by atoms with Crippen molar-refractivity contribution in [2.24, 2.45) is 11.8 Å². The van der Waals surface area contributed by atoms with Crippen LogP contribution in [0.5, 0.6) is 5.75 Å². The molecule has 0 spiro atoms. The Morgan fingerprint density at radius 1 is 0.776 bits per heavy atom. The van der Waals surface area contributed by atoms with Gasteiger partial charge in [0.1, 0.15) is 5.75 Å². The van der Waals surface area contributed by atoms with E-state index in [-0.39, 0.29) is 32.3 Å². The average molecular weight is 677 g/mol. The largest absolute Gasteiger partial charge is 0.493 e. The second-order valence-corrected chi connectivity index (χ2v) is 13.9. The molecule has 0 bridgehead atoms. The van der Waals surface area contributed by atoms with E-state index in [9.17, 15) is 19.8 Å². The third kappa shape index (κ3) is 13.4. The number of hydrogen-bond acceptors (Lipinski definition) is 7. The lowest BCUT2D eigenvalue weighted by atomic mass is 9.77. The van der Waals surface area contributed by atoms with Gasteiger partial charge in [0.2, 0.25) is 0 Å². The van der Waals surface area contributed by atoms with Crippen LogP contribution in [-0.4, -0.2) is 55.2 Å². The highest BCUT2D eigenvalue weighted by Crippen LogP contribution is 2.39. The number of unbranched alkanes of at least 4 members (excludes halogenated alkanes) is 2. The van der Waals surface area contributed by atoms with Crippen molar-refractivity contribution < 1.29 is 34.0 Å². The molecule has 0 heterocycles. The van der Waals surface area contributed by atoms with Crippen LogP contribution in [0.2, 0.25) is 0 Å². The van der Waals surface area contributed by atoms with Crippen LogP contribution in [0.1, 0.15) is 114 Å². The summed E-state index contributed by atoms with van der Waals surface area (Å²) in [5.41, 5.74) is 6.33. The Bertz CT molecular complexity index is 1280. The molecule has 2 aromatic rings. The molecular formula is C42H60O7. The molecule has 0 unspecified atom stereocenters. The summed E-state index contributed by atoms with van der Waals surface area (Å²) in [6.07, 6.45) is 13.5. The van der Waals surface area contributed by atoms with E-state index in [2.05, 4.69) is 56.5 Å². The van der Waals surface area contributed by atoms with Gasteiger partial charge in [-0.1, -0.05) is 70.0 Å². The van der Waals surface area contributed by atoms with Crippen LogP contribution in [0.4, 0.5) is 0 Å². The maximum Gasteiger partial charge on any atom is 0.333 e. The summed E-state index contributed by atoms with van der Waals surface area (Å²) in [6.45, 7) is 13.5. The number of rotatable bonds is 22. The highest BCUT2D eigenvalue weighted by atomic mass is 16.5. The zero-order valence-electron chi connectivity index (χ0n) is 30.3. The number of aliphatic hydroxyl groups is 2. The summed E-state index contributed by atoms with van der Waals surface area (Å²) in [7, 11) is 0. The number of aliphatic hydroxyl groups excluding tert-OH is 2. The van der Waals surface area contributed by atoms with Gasteiger partial charge in [0.15, 0.2) is 0 Å². The van der Waals surface area contributed by atoms with Gasteiger partial charge in [0, 0.05) is 30.3 Å². The molecule has 7 heteroatoms. The number of ether oxygens (including phenoxy) is 3. The minimum absolute atomic E-state index is 0.114. The molecule has 2 aromatic carbocycles. The Balaban J connectivity index is 1.85. The van der Waals surface area contributed by atoms with Gasteiger partial charge in [-0.15, -0.1) is 0 Å². The Morgan fingerprint density at radius 2 is 1.33 bits per heavy atom. The van der Waals surface area contributed by atoms with E-state index < -0.39 is 11.9 Å². The standard InChI is InChI=1S/C42H60O7/c1-6-7-8-11-32-14-16-34(17-15-32)35-18-20-36(21-19-35)39-26-37(12-9-23-48-41(45)30(2)3)40(47-25-22-33(28-43)29-44)38(27-39)13-10-24-49-42(46)31(4)5/h18-21,26-27,32-34,43-44H,2,4,6-17,22-25,28-29H2,1,3,5H3. The minimum atomic E-state index is -0.403. The maximum absolute atomic E-state index is 12.0. The Hall–Kier alpha value is -3.42. The molecular weight excluding hydrogens is 616 g/mol. The molecule has 1 saturated carbocycles. The van der Waals surface area contributed by atoms with Crippen LogP contribution >= 0.6 is 0 Å². The summed E-state index contributed by atoms with van der Waals surface area (Å²) in [6, 6.07) is 13.3. The van der Waals surface area contributed by atoms with E-state index in [1.165, 1.54) is 56.9 Å². The first-order valence-corrected chi connectivity index (χ1v) is 18.4. The zero-order chi connectivity index (χ0) is 35.6. The molecule has 1 aliphatic carbocycles. The Morgan fingerprint density at radius 3 is 1.82 bits per heavy atom. The SMILES string of the molecule is C=C(C)C(=O)OCCCc1cc(-c2ccc(C3CCC(CCCCC)CC3)cc2)cc(CCCOC(=O)C(=C)C)c1OCCC(CO)CO. The molecule has 49 heavy (non-hydrogen) atoms. The third-order valence-corrected chi connectivity index (χ3v) is 9.65. The summed E-state index contributed by atoms with van der Waals surface area (Å²) in [4.78, 5) is 24.0. The van der Waals surface area contributed by atoms with Gasteiger partial charge in [0.05, 0.1) is 19.8 Å². The lowest BCUT2D eigenvalue weighted by Crippen LogP contribution is -2.16. The summed E-state index contributed by atoms with van der Waals surface area (Å²) in [5, 5.41) is 19.2. The molecule has 1 aliphatic rings. The first kappa shape index (κ1) is 40.0. The molecule has 1 fully saturated rings. The van der Waals surface area contributed by atoms with Gasteiger partial charge < -0.3 is 24.4 Å². The third-order valence-electron chi connectivity index (χ3n) is 9.65. The van der Waals surface area contributed by atoms with Crippen LogP contribution in [-0.2, 0) is 31.9 Å². The summed E-state index contributed by atoms with van der Waals surface area (Å²) in [5.74, 6) is 1.18. The predicted molar refractivity (Wildman–Crippen MR) is 197 cm³/mol. The lowest BCUT2D eigenvalue weighted by Gasteiger charge is -2.29. The van der Waals surface area contributed by atoms with Gasteiger partial charge in [0.25, 0.3) is 0 Å². The average Bonchev–Trinajstić information content (AvgIpc) is 3.11. The quantitative estimate of drug-likeness (QED) is 0.0731. The fourth-order valence-electron chi connectivity index (χ4n) is 6.56. The van der Waals surface area contributed by atoms with Crippen molar-refractivity contribution in [3.05, 3.63) is 77.4 Å². The van der Waals surface area contributed by atoms with Crippen LogP contribution in [0, 0.1) is 11.8 Å². The lowest BCUT2D eigenvalue weighted by molar-refractivity contribution is -0.139. The number of hydrogen-bond donors (Lipinski definition) is 2. The topological polar surface area (TPSA) is 102 Å². The number of benzene rings is 2. The smallest absolute Gasteiger partial charge is 0.333 e. The number of carbonyl (C=O) groups excluding carboxylic acids is 2. The summed E-state index contributed by atoms with van der Waals surface area (Å²) < 4.78 is 17.2. The molecule has 0 atom stereocenters. The van der Waals surface area contributed by atoms with Crippen LogP contribution in [0.15, 0.2) is 60.7 Å².